The summed E-state index contributed by atoms with van der Waals surface area (Å²) in [5, 5.41) is 7.30. The molecule has 1 unspecified atom stereocenters. The van der Waals surface area contributed by atoms with E-state index in [1.807, 2.05) is 0 Å². The van der Waals surface area contributed by atoms with Crippen LogP contribution < -0.4 is 16.4 Å². The summed E-state index contributed by atoms with van der Waals surface area (Å²) in [7, 11) is 0. The summed E-state index contributed by atoms with van der Waals surface area (Å²) in [6, 6.07) is 0.782. The normalized spacial score (nSPS) is 23.1. The van der Waals surface area contributed by atoms with E-state index in [-0.39, 0.29) is 0 Å². The molecule has 2 aliphatic rings. The van der Waals surface area contributed by atoms with Gasteiger partial charge in [0.15, 0.2) is 0 Å². The number of allylic oxidation sites excluding steroid dienone is 2. The molecule has 4 N–H and O–H groups in total. The third-order valence-corrected chi connectivity index (χ3v) is 4.82. The average Bonchev–Trinajstić information content (AvgIpc) is 2.73. The van der Waals surface area contributed by atoms with Crippen molar-refractivity contribution in [2.45, 2.75) is 51.5 Å². The predicted molar refractivity (Wildman–Crippen MR) is 95.9 cm³/mol. The Morgan fingerprint density at radius 1 is 1.18 bits per heavy atom. The molecule has 124 valence electrons. The molecule has 0 saturated heterocycles. The van der Waals surface area contributed by atoms with Gasteiger partial charge in [-0.25, -0.2) is 0 Å². The molecule has 1 saturated carbocycles. The molecular formula is C19H33N3. The molecule has 0 radical (unpaired) electrons. The minimum absolute atomic E-state index is 0.492. The van der Waals surface area contributed by atoms with Crippen LogP contribution in [0.3, 0.4) is 0 Å². The minimum atomic E-state index is 0.492. The van der Waals surface area contributed by atoms with Crippen molar-refractivity contribution in [1.29, 1.82) is 0 Å². The second-order valence-electron chi connectivity index (χ2n) is 6.67. The molecule has 1 atom stereocenters. The van der Waals surface area contributed by atoms with E-state index in [1.165, 1.54) is 49.7 Å². The van der Waals surface area contributed by atoms with E-state index in [0.29, 0.717) is 12.5 Å². The number of nitrogens with one attached hydrogen (secondary N) is 2. The molecule has 0 aromatic heterocycles. The highest BCUT2D eigenvalue weighted by atomic mass is 14.9. The molecule has 22 heavy (non-hydrogen) atoms. The van der Waals surface area contributed by atoms with E-state index in [2.05, 4.69) is 41.9 Å². The summed E-state index contributed by atoms with van der Waals surface area (Å²) in [5.74, 6) is 0.492. The molecule has 3 heteroatoms. The van der Waals surface area contributed by atoms with Gasteiger partial charge in [0.2, 0.25) is 0 Å². The molecule has 0 heterocycles. The van der Waals surface area contributed by atoms with Crippen molar-refractivity contribution in [2.75, 3.05) is 26.2 Å². The highest BCUT2D eigenvalue weighted by molar-refractivity contribution is 5.33. The quantitative estimate of drug-likeness (QED) is 0.604. The van der Waals surface area contributed by atoms with E-state index in [4.69, 9.17) is 5.73 Å². The van der Waals surface area contributed by atoms with Gasteiger partial charge in [-0.2, -0.15) is 0 Å². The fourth-order valence-electron chi connectivity index (χ4n) is 3.35. The maximum absolute atomic E-state index is 5.73. The van der Waals surface area contributed by atoms with E-state index >= 15 is 0 Å². The van der Waals surface area contributed by atoms with Crippen molar-refractivity contribution in [1.82, 2.24) is 10.6 Å². The van der Waals surface area contributed by atoms with Crippen LogP contribution in [-0.4, -0.2) is 32.2 Å². The van der Waals surface area contributed by atoms with E-state index in [1.54, 1.807) is 0 Å². The Morgan fingerprint density at radius 3 is 2.77 bits per heavy atom. The van der Waals surface area contributed by atoms with Crippen molar-refractivity contribution in [3.63, 3.8) is 0 Å². The zero-order valence-electron chi connectivity index (χ0n) is 14.1. The van der Waals surface area contributed by atoms with Gasteiger partial charge in [-0.15, -0.1) is 0 Å². The first-order chi connectivity index (χ1) is 10.8. The van der Waals surface area contributed by atoms with Gasteiger partial charge in [0.05, 0.1) is 0 Å². The summed E-state index contributed by atoms with van der Waals surface area (Å²) in [6.45, 7) is 6.08. The fraction of sp³-hybridized carbons (Fsp3) is 0.684. The van der Waals surface area contributed by atoms with Crippen LogP contribution >= 0.6 is 0 Å². The molecule has 0 aliphatic heterocycles. The average molecular weight is 303 g/mol. The molecule has 0 bridgehead atoms. The van der Waals surface area contributed by atoms with Crippen molar-refractivity contribution in [3.8, 4) is 0 Å². The first kappa shape index (κ1) is 17.5. The Hall–Kier alpha value is -0.900. The van der Waals surface area contributed by atoms with Crippen LogP contribution in [0.25, 0.3) is 0 Å². The highest BCUT2D eigenvalue weighted by Crippen LogP contribution is 2.18. The van der Waals surface area contributed by atoms with Gasteiger partial charge in [0, 0.05) is 25.0 Å². The Kier molecular flexibility index (Phi) is 7.92. The molecule has 2 aliphatic carbocycles. The second-order valence-corrected chi connectivity index (χ2v) is 6.67. The molecule has 2 rings (SSSR count). The second kappa shape index (κ2) is 9.98. The van der Waals surface area contributed by atoms with Crippen LogP contribution in [-0.2, 0) is 0 Å². The standard InChI is InChI=1S/C19H33N3/c1-16-13-17(14-20)7-5-8-18(16)15-21-11-6-12-22-19-9-3-2-4-10-19/h5,7-8,13,18-19,21-22H,2-4,6,9-12,14-15,20H2,1H3. The van der Waals surface area contributed by atoms with Crippen molar-refractivity contribution in [3.05, 3.63) is 35.5 Å². The van der Waals surface area contributed by atoms with Crippen LogP contribution in [0.2, 0.25) is 0 Å². The van der Waals surface area contributed by atoms with E-state index < -0.39 is 0 Å². The SMILES string of the molecule is CC1=CC(CN)=CC=CC1CNCCCNC1CCCCC1. The lowest BCUT2D eigenvalue weighted by Gasteiger charge is -2.23. The van der Waals surface area contributed by atoms with Crippen LogP contribution in [0.4, 0.5) is 0 Å². The first-order valence-corrected chi connectivity index (χ1v) is 8.99. The van der Waals surface area contributed by atoms with Crippen molar-refractivity contribution >= 4 is 0 Å². The largest absolute Gasteiger partial charge is 0.326 e. The maximum Gasteiger partial charge on any atom is 0.0178 e. The van der Waals surface area contributed by atoms with Crippen molar-refractivity contribution in [2.24, 2.45) is 11.7 Å². The van der Waals surface area contributed by atoms with Crippen LogP contribution in [0.15, 0.2) is 35.5 Å². The zero-order chi connectivity index (χ0) is 15.6. The number of rotatable bonds is 8. The van der Waals surface area contributed by atoms with Crippen LogP contribution in [0.5, 0.6) is 0 Å². The van der Waals surface area contributed by atoms with E-state index in [0.717, 1.165) is 25.7 Å². The van der Waals surface area contributed by atoms with Crippen LogP contribution in [0, 0.1) is 5.92 Å². The summed E-state index contributed by atoms with van der Waals surface area (Å²) < 4.78 is 0. The van der Waals surface area contributed by atoms with E-state index in [9.17, 15) is 0 Å². The summed E-state index contributed by atoms with van der Waals surface area (Å²) in [4.78, 5) is 0. The van der Waals surface area contributed by atoms with Gasteiger partial charge in [-0.05, 0) is 44.8 Å². The lowest BCUT2D eigenvalue weighted by Crippen LogP contribution is -2.33. The summed E-state index contributed by atoms with van der Waals surface area (Å²) >= 11 is 0. The smallest absolute Gasteiger partial charge is 0.0178 e. The third-order valence-electron chi connectivity index (χ3n) is 4.82. The monoisotopic (exact) mass is 303 g/mol. The Labute approximate surface area is 136 Å². The first-order valence-electron chi connectivity index (χ1n) is 8.99. The number of hydrogen-bond acceptors (Lipinski definition) is 3. The molecular weight excluding hydrogens is 270 g/mol. The molecule has 3 nitrogen and oxygen atoms in total. The minimum Gasteiger partial charge on any atom is -0.326 e. The lowest BCUT2D eigenvalue weighted by atomic mass is 9.95. The third kappa shape index (κ3) is 6.07. The topological polar surface area (TPSA) is 50.1 Å². The van der Waals surface area contributed by atoms with Crippen molar-refractivity contribution < 1.29 is 0 Å². The molecule has 0 aromatic carbocycles. The Morgan fingerprint density at radius 2 is 2.00 bits per heavy atom. The highest BCUT2D eigenvalue weighted by Gasteiger charge is 2.12. The van der Waals surface area contributed by atoms with Gasteiger partial charge in [-0.1, -0.05) is 49.1 Å². The molecule has 0 aromatic rings. The van der Waals surface area contributed by atoms with Crippen LogP contribution in [0.1, 0.15) is 45.4 Å². The molecule has 0 amide bonds. The molecule has 1 fully saturated rings. The predicted octanol–water partition coefficient (Wildman–Crippen LogP) is 2.91. The fourth-order valence-corrected chi connectivity index (χ4v) is 3.35. The van der Waals surface area contributed by atoms with Gasteiger partial charge < -0.3 is 16.4 Å². The van der Waals surface area contributed by atoms with Gasteiger partial charge >= 0.3 is 0 Å². The van der Waals surface area contributed by atoms with Gasteiger partial charge in [-0.3, -0.25) is 0 Å². The molecule has 0 spiro atoms. The maximum atomic E-state index is 5.73. The number of hydrogen-bond donors (Lipinski definition) is 3. The van der Waals surface area contributed by atoms with Gasteiger partial charge in [0.25, 0.3) is 0 Å². The summed E-state index contributed by atoms with van der Waals surface area (Å²) in [5.41, 5.74) is 8.34. The van der Waals surface area contributed by atoms with Gasteiger partial charge in [0.1, 0.15) is 0 Å². The lowest BCUT2D eigenvalue weighted by molar-refractivity contribution is 0.371. The number of nitrogens with two attached hydrogens (primary N) is 1. The Bertz CT molecular complexity index is 403. The Balaban J connectivity index is 1.57. The zero-order valence-corrected chi connectivity index (χ0v) is 14.1. The summed E-state index contributed by atoms with van der Waals surface area (Å²) in [6.07, 6.45) is 17.0.